The quantitative estimate of drug-likeness (QED) is 0.728. The third-order valence-corrected chi connectivity index (χ3v) is 3.73. The minimum atomic E-state index is -0.0288. The smallest absolute Gasteiger partial charge is 0.0737 e. The molecule has 1 fully saturated rings. The van der Waals surface area contributed by atoms with Crippen molar-refractivity contribution in [3.05, 3.63) is 0 Å². The van der Waals surface area contributed by atoms with Gasteiger partial charge in [0.15, 0.2) is 0 Å². The summed E-state index contributed by atoms with van der Waals surface area (Å²) in [7, 11) is 2.25. The maximum absolute atomic E-state index is 6.27. The normalized spacial score (nSPS) is 27.5. The van der Waals surface area contributed by atoms with Crippen LogP contribution < -0.4 is 0 Å². The second kappa shape index (κ2) is 5.27. The first-order valence-electron chi connectivity index (χ1n) is 7.02. The van der Waals surface area contributed by atoms with E-state index >= 15 is 0 Å². The van der Waals surface area contributed by atoms with E-state index in [1.54, 1.807) is 0 Å². The first kappa shape index (κ1) is 15.0. The Morgan fingerprint density at radius 1 is 0.941 bits per heavy atom. The average molecular weight is 241 g/mol. The molecule has 1 aliphatic rings. The van der Waals surface area contributed by atoms with Gasteiger partial charge in [-0.2, -0.15) is 0 Å². The summed E-state index contributed by atoms with van der Waals surface area (Å²) in [6.45, 7) is 13.3. The molecule has 0 aromatic heterocycles. The summed E-state index contributed by atoms with van der Waals surface area (Å²) in [6.07, 6.45) is 5.54. The van der Waals surface area contributed by atoms with Crippen LogP contribution in [0.1, 0.15) is 67.2 Å². The fourth-order valence-electron chi connectivity index (χ4n) is 2.61. The van der Waals surface area contributed by atoms with Crippen molar-refractivity contribution >= 4 is 0 Å². The average Bonchev–Trinajstić information content (AvgIpc) is 2.13. The van der Waals surface area contributed by atoms with Crippen molar-refractivity contribution in [2.75, 3.05) is 7.05 Å². The molecule has 2 atom stereocenters. The standard InChI is InChI=1S/C15H31NO/c1-14(2,3)16(7)12-10-8-9-11-13(12)17-15(4,5)6/h12-13H,8-11H2,1-7H3/t12-,13+/m0/s1. The van der Waals surface area contributed by atoms with Crippen molar-refractivity contribution in [2.24, 2.45) is 0 Å². The van der Waals surface area contributed by atoms with E-state index in [9.17, 15) is 0 Å². The molecule has 0 radical (unpaired) electrons. The molecule has 102 valence electrons. The monoisotopic (exact) mass is 241 g/mol. The van der Waals surface area contributed by atoms with Gasteiger partial charge in [0.25, 0.3) is 0 Å². The number of rotatable bonds is 2. The van der Waals surface area contributed by atoms with Crippen molar-refractivity contribution in [2.45, 2.75) is 90.5 Å². The summed E-state index contributed by atoms with van der Waals surface area (Å²) < 4.78 is 6.27. The van der Waals surface area contributed by atoms with E-state index in [4.69, 9.17) is 4.74 Å². The Balaban J connectivity index is 2.72. The van der Waals surface area contributed by atoms with Crippen LogP contribution in [0.25, 0.3) is 0 Å². The summed E-state index contributed by atoms with van der Waals surface area (Å²) >= 11 is 0. The first-order chi connectivity index (χ1) is 7.61. The molecule has 0 saturated heterocycles. The Kier molecular flexibility index (Phi) is 4.65. The first-order valence-corrected chi connectivity index (χ1v) is 7.02. The molecular weight excluding hydrogens is 210 g/mol. The van der Waals surface area contributed by atoms with E-state index in [-0.39, 0.29) is 11.1 Å². The SMILES string of the molecule is CN([C@H]1CCCC[C@H]1OC(C)(C)C)C(C)(C)C. The van der Waals surface area contributed by atoms with Gasteiger partial charge in [0.2, 0.25) is 0 Å². The lowest BCUT2D eigenvalue weighted by Crippen LogP contribution is -2.53. The van der Waals surface area contributed by atoms with Crippen LogP contribution in [0.4, 0.5) is 0 Å². The van der Waals surface area contributed by atoms with E-state index in [0.717, 1.165) is 0 Å². The van der Waals surface area contributed by atoms with Gasteiger partial charge in [-0.25, -0.2) is 0 Å². The number of likely N-dealkylation sites (N-methyl/N-ethyl adjacent to an activating group) is 1. The molecule has 0 N–H and O–H groups in total. The molecule has 0 unspecified atom stereocenters. The van der Waals surface area contributed by atoms with Crippen molar-refractivity contribution in [3.63, 3.8) is 0 Å². The van der Waals surface area contributed by atoms with Crippen molar-refractivity contribution < 1.29 is 4.74 Å². The Bertz CT molecular complexity index is 236. The number of nitrogens with zero attached hydrogens (tertiary/aromatic N) is 1. The predicted octanol–water partition coefficient (Wildman–Crippen LogP) is 3.84. The van der Waals surface area contributed by atoms with Crippen LogP contribution in [0.2, 0.25) is 0 Å². The third-order valence-electron chi connectivity index (χ3n) is 3.73. The summed E-state index contributed by atoms with van der Waals surface area (Å²) in [4.78, 5) is 2.50. The minimum Gasteiger partial charge on any atom is -0.371 e. The lowest BCUT2D eigenvalue weighted by molar-refractivity contribution is -0.117. The Labute approximate surface area is 108 Å². The van der Waals surface area contributed by atoms with E-state index in [1.807, 2.05) is 0 Å². The van der Waals surface area contributed by atoms with Crippen molar-refractivity contribution in [1.29, 1.82) is 0 Å². The highest BCUT2D eigenvalue weighted by Crippen LogP contribution is 2.31. The van der Waals surface area contributed by atoms with Gasteiger partial charge in [-0.3, -0.25) is 4.90 Å². The molecule has 0 spiro atoms. The van der Waals surface area contributed by atoms with Crippen LogP contribution in [-0.2, 0) is 4.74 Å². The van der Waals surface area contributed by atoms with Crippen molar-refractivity contribution in [1.82, 2.24) is 4.90 Å². The van der Waals surface area contributed by atoms with Gasteiger partial charge in [-0.05, 0) is 61.4 Å². The number of ether oxygens (including phenoxy) is 1. The summed E-state index contributed by atoms with van der Waals surface area (Å²) in [5, 5.41) is 0. The highest BCUT2D eigenvalue weighted by molar-refractivity contribution is 4.89. The van der Waals surface area contributed by atoms with E-state index < -0.39 is 0 Å². The Hall–Kier alpha value is -0.0800. The second-order valence-electron chi connectivity index (χ2n) is 7.40. The van der Waals surface area contributed by atoms with Crippen LogP contribution in [-0.4, -0.2) is 35.2 Å². The fraction of sp³-hybridized carbons (Fsp3) is 1.00. The van der Waals surface area contributed by atoms with Gasteiger partial charge in [0.05, 0.1) is 11.7 Å². The zero-order valence-corrected chi connectivity index (χ0v) is 12.8. The molecule has 2 heteroatoms. The van der Waals surface area contributed by atoms with Gasteiger partial charge in [0.1, 0.15) is 0 Å². The molecule has 0 aromatic rings. The predicted molar refractivity (Wildman–Crippen MR) is 74.4 cm³/mol. The second-order valence-corrected chi connectivity index (χ2v) is 7.40. The Morgan fingerprint density at radius 2 is 1.47 bits per heavy atom. The summed E-state index contributed by atoms with van der Waals surface area (Å²) in [5.74, 6) is 0. The van der Waals surface area contributed by atoms with E-state index in [1.165, 1.54) is 25.7 Å². The zero-order valence-electron chi connectivity index (χ0n) is 12.8. The third kappa shape index (κ3) is 4.59. The summed E-state index contributed by atoms with van der Waals surface area (Å²) in [5.41, 5.74) is 0.195. The molecule has 1 rings (SSSR count). The lowest BCUT2D eigenvalue weighted by Gasteiger charge is -2.46. The maximum Gasteiger partial charge on any atom is 0.0737 e. The summed E-state index contributed by atoms with van der Waals surface area (Å²) in [6, 6.07) is 0.572. The molecule has 0 bridgehead atoms. The van der Waals surface area contributed by atoms with Crippen LogP contribution in [0.15, 0.2) is 0 Å². The molecule has 0 amide bonds. The molecule has 17 heavy (non-hydrogen) atoms. The number of hydrogen-bond acceptors (Lipinski definition) is 2. The maximum atomic E-state index is 6.27. The number of hydrogen-bond donors (Lipinski definition) is 0. The lowest BCUT2D eigenvalue weighted by atomic mass is 9.88. The molecular formula is C15H31NO. The van der Waals surface area contributed by atoms with Gasteiger partial charge in [-0.15, -0.1) is 0 Å². The molecule has 1 saturated carbocycles. The van der Waals surface area contributed by atoms with Gasteiger partial charge >= 0.3 is 0 Å². The van der Waals surface area contributed by atoms with Crippen LogP contribution in [0, 0.1) is 0 Å². The van der Waals surface area contributed by atoms with E-state index in [2.05, 4.69) is 53.5 Å². The highest BCUT2D eigenvalue weighted by atomic mass is 16.5. The van der Waals surface area contributed by atoms with Crippen LogP contribution in [0.5, 0.6) is 0 Å². The van der Waals surface area contributed by atoms with Gasteiger partial charge < -0.3 is 4.74 Å². The van der Waals surface area contributed by atoms with Crippen LogP contribution >= 0.6 is 0 Å². The van der Waals surface area contributed by atoms with Crippen LogP contribution in [0.3, 0.4) is 0 Å². The molecule has 0 aliphatic heterocycles. The van der Waals surface area contributed by atoms with Gasteiger partial charge in [0, 0.05) is 11.6 Å². The van der Waals surface area contributed by atoms with Gasteiger partial charge in [-0.1, -0.05) is 12.8 Å². The molecule has 2 nitrogen and oxygen atoms in total. The van der Waals surface area contributed by atoms with E-state index in [0.29, 0.717) is 12.1 Å². The highest BCUT2D eigenvalue weighted by Gasteiger charge is 2.35. The van der Waals surface area contributed by atoms with Crippen molar-refractivity contribution in [3.8, 4) is 0 Å². The molecule has 1 aliphatic carbocycles. The largest absolute Gasteiger partial charge is 0.371 e. The fourth-order valence-corrected chi connectivity index (χ4v) is 2.61. The zero-order chi connectivity index (χ0) is 13.3. The Morgan fingerprint density at radius 3 is 1.94 bits per heavy atom. The topological polar surface area (TPSA) is 12.5 Å². The minimum absolute atomic E-state index is 0.0288. The molecule has 0 heterocycles. The molecule has 0 aromatic carbocycles.